The number of carbonyl (C=O) groups excluding carboxylic acids is 2. The van der Waals surface area contributed by atoms with Crippen molar-refractivity contribution in [3.05, 3.63) is 93.8 Å². The van der Waals surface area contributed by atoms with Gasteiger partial charge in [0, 0.05) is 10.4 Å². The summed E-state index contributed by atoms with van der Waals surface area (Å²) < 4.78 is 5.82. The van der Waals surface area contributed by atoms with Gasteiger partial charge < -0.3 is 15.4 Å². The van der Waals surface area contributed by atoms with Crippen molar-refractivity contribution < 1.29 is 14.3 Å². The standard InChI is InChI=1S/C24H24N2O3S/c1-17-9-6-7-13-22(17)29-16-18(2)25-24(28)21(15-20-12-8-14-30-20)26-23(27)19-10-4-3-5-11-19/h3-15,18H,16H2,1-2H3,(H,25,28)(H,26,27)/b21-15-/t18-/m1/s1. The van der Waals surface area contributed by atoms with E-state index in [4.69, 9.17) is 4.74 Å². The van der Waals surface area contributed by atoms with Gasteiger partial charge in [-0.05, 0) is 55.1 Å². The van der Waals surface area contributed by atoms with Gasteiger partial charge in [-0.2, -0.15) is 0 Å². The van der Waals surface area contributed by atoms with Crippen molar-refractivity contribution in [3.63, 3.8) is 0 Å². The lowest BCUT2D eigenvalue weighted by Gasteiger charge is -2.17. The van der Waals surface area contributed by atoms with Crippen LogP contribution in [0, 0.1) is 6.92 Å². The summed E-state index contributed by atoms with van der Waals surface area (Å²) in [5.41, 5.74) is 1.71. The Balaban J connectivity index is 1.67. The SMILES string of the molecule is Cc1ccccc1OC[C@@H](C)NC(=O)/C(=C/c1cccs1)NC(=O)c1ccccc1. The molecule has 2 N–H and O–H groups in total. The summed E-state index contributed by atoms with van der Waals surface area (Å²) in [6.07, 6.45) is 1.68. The molecule has 0 fully saturated rings. The number of hydrogen-bond acceptors (Lipinski definition) is 4. The van der Waals surface area contributed by atoms with Crippen molar-refractivity contribution in [3.8, 4) is 5.75 Å². The minimum Gasteiger partial charge on any atom is -0.491 e. The molecule has 2 amide bonds. The molecule has 1 aromatic heterocycles. The van der Waals surface area contributed by atoms with E-state index in [2.05, 4.69) is 10.6 Å². The number of para-hydroxylation sites is 1. The molecule has 3 aromatic rings. The summed E-state index contributed by atoms with van der Waals surface area (Å²) in [4.78, 5) is 26.3. The second kappa shape index (κ2) is 10.4. The Bertz CT molecular complexity index is 1010. The van der Waals surface area contributed by atoms with E-state index in [-0.39, 0.29) is 23.6 Å². The third-order valence-corrected chi connectivity index (χ3v) is 5.14. The fourth-order valence-corrected chi connectivity index (χ4v) is 3.39. The molecule has 0 saturated heterocycles. The van der Waals surface area contributed by atoms with Crippen LogP contribution in [0.3, 0.4) is 0 Å². The minimum atomic E-state index is -0.367. The van der Waals surface area contributed by atoms with E-state index in [1.54, 1.807) is 30.3 Å². The molecule has 30 heavy (non-hydrogen) atoms. The molecule has 2 aromatic carbocycles. The van der Waals surface area contributed by atoms with Gasteiger partial charge in [0.25, 0.3) is 11.8 Å². The second-order valence-corrected chi connectivity index (χ2v) is 7.82. The van der Waals surface area contributed by atoms with E-state index < -0.39 is 0 Å². The van der Waals surface area contributed by atoms with Crippen molar-refractivity contribution in [2.45, 2.75) is 19.9 Å². The lowest BCUT2D eigenvalue weighted by Crippen LogP contribution is -2.41. The van der Waals surface area contributed by atoms with Crippen LogP contribution in [-0.4, -0.2) is 24.5 Å². The lowest BCUT2D eigenvalue weighted by molar-refractivity contribution is -0.118. The lowest BCUT2D eigenvalue weighted by atomic mass is 10.2. The number of ether oxygens (including phenoxy) is 1. The summed E-state index contributed by atoms with van der Waals surface area (Å²) in [6.45, 7) is 4.15. The largest absolute Gasteiger partial charge is 0.491 e. The van der Waals surface area contributed by atoms with Crippen molar-refractivity contribution in [2.75, 3.05) is 6.61 Å². The number of carbonyl (C=O) groups is 2. The van der Waals surface area contributed by atoms with Crippen LogP contribution in [0.15, 0.2) is 77.8 Å². The summed E-state index contributed by atoms with van der Waals surface area (Å²) in [5.74, 6) is 0.0799. The monoisotopic (exact) mass is 420 g/mol. The Morgan fingerprint density at radius 1 is 1.03 bits per heavy atom. The summed E-state index contributed by atoms with van der Waals surface area (Å²) in [6, 6.07) is 20.1. The molecule has 1 atom stereocenters. The van der Waals surface area contributed by atoms with Gasteiger partial charge in [-0.3, -0.25) is 9.59 Å². The number of hydrogen-bond donors (Lipinski definition) is 2. The van der Waals surface area contributed by atoms with E-state index in [1.807, 2.05) is 61.7 Å². The molecule has 0 bridgehead atoms. The Hall–Kier alpha value is -3.38. The molecule has 0 unspecified atom stereocenters. The predicted octanol–water partition coefficient (Wildman–Crippen LogP) is 4.41. The average molecular weight is 421 g/mol. The average Bonchev–Trinajstić information content (AvgIpc) is 3.26. The smallest absolute Gasteiger partial charge is 0.268 e. The van der Waals surface area contributed by atoms with Gasteiger partial charge in [0.15, 0.2) is 0 Å². The molecular formula is C24H24N2O3S. The number of benzene rings is 2. The summed E-state index contributed by atoms with van der Waals surface area (Å²) >= 11 is 1.49. The molecule has 0 aliphatic heterocycles. The van der Waals surface area contributed by atoms with Crippen LogP contribution in [0.4, 0.5) is 0 Å². The minimum absolute atomic E-state index is 0.189. The predicted molar refractivity (Wildman–Crippen MR) is 120 cm³/mol. The topological polar surface area (TPSA) is 67.4 Å². The maximum atomic E-state index is 12.9. The normalized spacial score (nSPS) is 12.1. The maximum Gasteiger partial charge on any atom is 0.268 e. The van der Waals surface area contributed by atoms with Gasteiger partial charge in [-0.15, -0.1) is 11.3 Å². The third-order valence-electron chi connectivity index (χ3n) is 4.32. The number of rotatable bonds is 8. The molecule has 5 nitrogen and oxygen atoms in total. The third kappa shape index (κ3) is 6.06. The van der Waals surface area contributed by atoms with Crippen LogP contribution in [-0.2, 0) is 4.79 Å². The van der Waals surface area contributed by atoms with Crippen LogP contribution >= 0.6 is 11.3 Å². The van der Waals surface area contributed by atoms with Crippen molar-refractivity contribution in [2.24, 2.45) is 0 Å². The highest BCUT2D eigenvalue weighted by Crippen LogP contribution is 2.16. The fourth-order valence-electron chi connectivity index (χ4n) is 2.73. The van der Waals surface area contributed by atoms with Gasteiger partial charge in [-0.25, -0.2) is 0 Å². The molecule has 6 heteroatoms. The maximum absolute atomic E-state index is 12.9. The quantitative estimate of drug-likeness (QED) is 0.531. The first-order valence-electron chi connectivity index (χ1n) is 9.64. The van der Waals surface area contributed by atoms with Crippen LogP contribution in [0.2, 0.25) is 0 Å². The molecule has 0 aliphatic carbocycles. The Morgan fingerprint density at radius 3 is 2.47 bits per heavy atom. The van der Waals surface area contributed by atoms with Crippen LogP contribution in [0.5, 0.6) is 5.75 Å². The number of thiophene rings is 1. The van der Waals surface area contributed by atoms with E-state index in [0.29, 0.717) is 12.2 Å². The van der Waals surface area contributed by atoms with Gasteiger partial charge >= 0.3 is 0 Å². The summed E-state index contributed by atoms with van der Waals surface area (Å²) in [5, 5.41) is 7.55. The molecule has 3 rings (SSSR count). The van der Waals surface area contributed by atoms with Crippen molar-refractivity contribution in [1.29, 1.82) is 0 Å². The highest BCUT2D eigenvalue weighted by molar-refractivity contribution is 7.10. The molecule has 0 aliphatic rings. The Morgan fingerprint density at radius 2 is 1.77 bits per heavy atom. The van der Waals surface area contributed by atoms with E-state index in [1.165, 1.54) is 11.3 Å². The highest BCUT2D eigenvalue weighted by Gasteiger charge is 2.17. The number of nitrogens with one attached hydrogen (secondary N) is 2. The van der Waals surface area contributed by atoms with Crippen LogP contribution < -0.4 is 15.4 Å². The molecule has 0 saturated carbocycles. The van der Waals surface area contributed by atoms with Crippen molar-refractivity contribution in [1.82, 2.24) is 10.6 Å². The first-order chi connectivity index (χ1) is 14.5. The first kappa shape index (κ1) is 21.3. The van der Waals surface area contributed by atoms with Gasteiger partial charge in [-0.1, -0.05) is 42.5 Å². The second-order valence-electron chi connectivity index (χ2n) is 6.84. The van der Waals surface area contributed by atoms with Crippen LogP contribution in [0.1, 0.15) is 27.7 Å². The number of aryl methyl sites for hydroxylation is 1. The molecule has 0 spiro atoms. The molecule has 0 radical (unpaired) electrons. The first-order valence-corrected chi connectivity index (χ1v) is 10.5. The van der Waals surface area contributed by atoms with Gasteiger partial charge in [0.2, 0.25) is 0 Å². The highest BCUT2D eigenvalue weighted by atomic mass is 32.1. The van der Waals surface area contributed by atoms with E-state index in [9.17, 15) is 9.59 Å². The zero-order chi connectivity index (χ0) is 21.3. The van der Waals surface area contributed by atoms with Crippen molar-refractivity contribution >= 4 is 29.2 Å². The molecule has 1 heterocycles. The van der Waals surface area contributed by atoms with Crippen LogP contribution in [0.25, 0.3) is 6.08 Å². The zero-order valence-corrected chi connectivity index (χ0v) is 17.7. The van der Waals surface area contributed by atoms with E-state index in [0.717, 1.165) is 16.2 Å². The Labute approximate surface area is 180 Å². The number of amides is 2. The van der Waals surface area contributed by atoms with Gasteiger partial charge in [0.1, 0.15) is 18.1 Å². The van der Waals surface area contributed by atoms with E-state index >= 15 is 0 Å². The Kier molecular flexibility index (Phi) is 7.40. The fraction of sp³-hybridized carbons (Fsp3) is 0.167. The summed E-state index contributed by atoms with van der Waals surface area (Å²) in [7, 11) is 0. The zero-order valence-electron chi connectivity index (χ0n) is 16.9. The molecular weight excluding hydrogens is 396 g/mol. The molecule has 154 valence electrons. The van der Waals surface area contributed by atoms with Gasteiger partial charge in [0.05, 0.1) is 6.04 Å².